The molecule has 3 aromatic rings. The molecule has 7 nitrogen and oxygen atoms in total. The molecule has 2 aromatic carbocycles. The number of anilines is 2. The molecule has 3 rings (SSSR count). The van der Waals surface area contributed by atoms with Crippen LogP contribution in [-0.4, -0.2) is 35.4 Å². The molecule has 0 spiro atoms. The molecule has 0 aliphatic carbocycles. The second kappa shape index (κ2) is 9.68. The minimum Gasteiger partial charge on any atom is -0.499 e. The minimum atomic E-state index is -0.763. The van der Waals surface area contributed by atoms with Crippen molar-refractivity contribution in [1.82, 2.24) is 14.9 Å². The number of aryl methyl sites for hydroxylation is 1. The van der Waals surface area contributed by atoms with Gasteiger partial charge < -0.3 is 24.7 Å². The molecule has 0 fully saturated rings. The van der Waals surface area contributed by atoms with Crippen LogP contribution in [0.5, 0.6) is 0 Å². The number of rotatable bonds is 9. The molecule has 0 unspecified atom stereocenters. The number of carbonyl (C=O) groups excluding carboxylic acids is 1. The number of imidazole rings is 1. The van der Waals surface area contributed by atoms with E-state index in [1.54, 1.807) is 17.7 Å². The van der Waals surface area contributed by atoms with Gasteiger partial charge in [-0.15, -0.1) is 0 Å². The Hall–Kier alpha value is -2.98. The third kappa shape index (κ3) is 4.77. The fourth-order valence-corrected chi connectivity index (χ4v) is 3.06. The summed E-state index contributed by atoms with van der Waals surface area (Å²) in [5.74, 6) is -1.97. The molecule has 158 valence electrons. The second-order valence-corrected chi connectivity index (χ2v) is 7.10. The van der Waals surface area contributed by atoms with E-state index < -0.39 is 17.5 Å². The van der Waals surface area contributed by atoms with Crippen molar-refractivity contribution >= 4 is 44.2 Å². The van der Waals surface area contributed by atoms with Gasteiger partial charge in [0.15, 0.2) is 5.82 Å². The molecular weight excluding hydrogens is 462 g/mol. The van der Waals surface area contributed by atoms with Crippen molar-refractivity contribution < 1.29 is 23.0 Å². The Morgan fingerprint density at radius 1 is 1.33 bits per heavy atom. The van der Waals surface area contributed by atoms with Crippen LogP contribution in [0.1, 0.15) is 10.4 Å². The molecule has 0 radical (unpaired) electrons. The van der Waals surface area contributed by atoms with Crippen LogP contribution in [0, 0.1) is 11.6 Å². The molecule has 1 heterocycles. The lowest BCUT2D eigenvalue weighted by atomic mass is 10.1. The Kier molecular flexibility index (Phi) is 7.01. The monoisotopic (exact) mass is 480 g/mol. The highest BCUT2D eigenvalue weighted by molar-refractivity contribution is 9.10. The molecule has 30 heavy (non-hydrogen) atoms. The number of carbonyl (C=O) groups is 1. The van der Waals surface area contributed by atoms with Gasteiger partial charge in [-0.3, -0.25) is 4.79 Å². The molecule has 0 atom stereocenters. The summed E-state index contributed by atoms with van der Waals surface area (Å²) in [7, 11) is 1.68. The summed E-state index contributed by atoms with van der Waals surface area (Å²) in [6.07, 6.45) is 2.72. The maximum atomic E-state index is 15.2. The van der Waals surface area contributed by atoms with Gasteiger partial charge in [0, 0.05) is 11.5 Å². The lowest BCUT2D eigenvalue weighted by Gasteiger charge is -2.15. The Bertz CT molecular complexity index is 1090. The summed E-state index contributed by atoms with van der Waals surface area (Å²) in [5, 5.41) is 5.23. The Labute approximate surface area is 179 Å². The summed E-state index contributed by atoms with van der Waals surface area (Å²) in [6, 6.07) is 5.76. The number of aromatic nitrogens is 2. The van der Waals surface area contributed by atoms with E-state index in [2.05, 4.69) is 38.1 Å². The van der Waals surface area contributed by atoms with Gasteiger partial charge in [-0.2, -0.15) is 0 Å². The van der Waals surface area contributed by atoms with E-state index in [1.165, 1.54) is 30.8 Å². The number of amides is 1. The molecule has 1 amide bonds. The first-order valence-corrected chi connectivity index (χ1v) is 9.65. The first-order chi connectivity index (χ1) is 14.4. The number of hydrogen-bond donors (Lipinski definition) is 2. The smallest absolute Gasteiger partial charge is 0.255 e. The van der Waals surface area contributed by atoms with Crippen molar-refractivity contribution in [1.29, 1.82) is 0 Å². The molecule has 0 saturated heterocycles. The van der Waals surface area contributed by atoms with Crippen LogP contribution in [0.2, 0.25) is 0 Å². The second-order valence-electron chi connectivity index (χ2n) is 6.18. The Morgan fingerprint density at radius 3 is 2.87 bits per heavy atom. The molecule has 0 saturated carbocycles. The van der Waals surface area contributed by atoms with Gasteiger partial charge in [0.05, 0.1) is 41.7 Å². The van der Waals surface area contributed by atoms with Crippen LogP contribution >= 0.6 is 15.9 Å². The lowest BCUT2D eigenvalue weighted by molar-refractivity contribution is 0.0632. The van der Waals surface area contributed by atoms with Crippen molar-refractivity contribution in [3.05, 3.63) is 65.1 Å². The first kappa shape index (κ1) is 21.7. The number of halogens is 3. The van der Waals surface area contributed by atoms with Crippen molar-refractivity contribution in [2.24, 2.45) is 7.05 Å². The van der Waals surface area contributed by atoms with E-state index >= 15 is 4.39 Å². The molecule has 1 aromatic heterocycles. The van der Waals surface area contributed by atoms with E-state index in [1.807, 2.05) is 0 Å². The standard InChI is InChI=1S/C20H19BrF2N4O3/c1-3-29-6-7-30-11-25-20(28)13-9-16-19(24-10-27(16)2)17(23)18(13)26-15-5-4-12(21)8-14(15)22/h3-5,8-10,26H,1,6-7,11H2,2H3,(H,25,28). The van der Waals surface area contributed by atoms with Crippen molar-refractivity contribution in [3.8, 4) is 0 Å². The third-order valence-electron chi connectivity index (χ3n) is 4.19. The summed E-state index contributed by atoms with van der Waals surface area (Å²) >= 11 is 3.17. The van der Waals surface area contributed by atoms with Gasteiger partial charge in [0.2, 0.25) is 0 Å². The maximum Gasteiger partial charge on any atom is 0.255 e. The Morgan fingerprint density at radius 2 is 2.13 bits per heavy atom. The summed E-state index contributed by atoms with van der Waals surface area (Å²) in [4.78, 5) is 16.8. The number of benzene rings is 2. The lowest BCUT2D eigenvalue weighted by Crippen LogP contribution is -2.28. The summed E-state index contributed by atoms with van der Waals surface area (Å²) < 4.78 is 41.8. The average molecular weight is 481 g/mol. The fraction of sp³-hybridized carbons (Fsp3) is 0.200. The van der Waals surface area contributed by atoms with Gasteiger partial charge in [-0.1, -0.05) is 22.5 Å². The summed E-state index contributed by atoms with van der Waals surface area (Å²) in [6.45, 7) is 3.81. The van der Waals surface area contributed by atoms with E-state index in [4.69, 9.17) is 9.47 Å². The zero-order valence-corrected chi connectivity index (χ0v) is 17.6. The highest BCUT2D eigenvalue weighted by atomic mass is 79.9. The number of hydrogen-bond acceptors (Lipinski definition) is 5. The SMILES string of the molecule is C=COCCOCNC(=O)c1cc2c(ncn2C)c(F)c1Nc1ccc(Br)cc1F. The number of nitrogens with one attached hydrogen (secondary N) is 2. The molecule has 10 heteroatoms. The van der Waals surface area contributed by atoms with Gasteiger partial charge in [0.1, 0.15) is 24.7 Å². The Balaban J connectivity index is 1.91. The molecule has 0 aliphatic rings. The number of fused-ring (bicyclic) bond motifs is 1. The predicted molar refractivity (Wildman–Crippen MR) is 112 cm³/mol. The van der Waals surface area contributed by atoms with E-state index in [-0.39, 0.29) is 42.4 Å². The number of ether oxygens (including phenoxy) is 2. The zero-order valence-electron chi connectivity index (χ0n) is 16.0. The minimum absolute atomic E-state index is 0.0132. The van der Waals surface area contributed by atoms with Gasteiger partial charge in [-0.05, 0) is 24.3 Å². The maximum absolute atomic E-state index is 15.2. The van der Waals surface area contributed by atoms with Crippen LogP contribution in [0.25, 0.3) is 11.0 Å². The van der Waals surface area contributed by atoms with E-state index in [9.17, 15) is 9.18 Å². The number of nitrogens with zero attached hydrogens (tertiary/aromatic N) is 2. The van der Waals surface area contributed by atoms with Gasteiger partial charge >= 0.3 is 0 Å². The molecule has 0 bridgehead atoms. The highest BCUT2D eigenvalue weighted by Crippen LogP contribution is 2.32. The van der Waals surface area contributed by atoms with Crippen LogP contribution in [0.15, 0.2) is 47.9 Å². The van der Waals surface area contributed by atoms with Crippen molar-refractivity contribution in [3.63, 3.8) is 0 Å². The van der Waals surface area contributed by atoms with Crippen molar-refractivity contribution in [2.45, 2.75) is 0 Å². The summed E-state index contributed by atoms with van der Waals surface area (Å²) in [5.41, 5.74) is 0.290. The van der Waals surface area contributed by atoms with Crippen LogP contribution < -0.4 is 10.6 Å². The van der Waals surface area contributed by atoms with Crippen molar-refractivity contribution in [2.75, 3.05) is 25.3 Å². The zero-order chi connectivity index (χ0) is 21.7. The topological polar surface area (TPSA) is 77.4 Å². The van der Waals surface area contributed by atoms with Gasteiger partial charge in [-0.25, -0.2) is 13.8 Å². The largest absolute Gasteiger partial charge is 0.499 e. The van der Waals surface area contributed by atoms with Gasteiger partial charge in [0.25, 0.3) is 5.91 Å². The van der Waals surface area contributed by atoms with Crippen LogP contribution in [0.3, 0.4) is 0 Å². The van der Waals surface area contributed by atoms with E-state index in [0.717, 1.165) is 0 Å². The van der Waals surface area contributed by atoms with Crippen LogP contribution in [0.4, 0.5) is 20.2 Å². The van der Waals surface area contributed by atoms with Crippen LogP contribution in [-0.2, 0) is 16.5 Å². The highest BCUT2D eigenvalue weighted by Gasteiger charge is 2.22. The predicted octanol–water partition coefficient (Wildman–Crippen LogP) is 4.22. The normalized spacial score (nSPS) is 10.8. The van der Waals surface area contributed by atoms with E-state index in [0.29, 0.717) is 9.99 Å². The third-order valence-corrected chi connectivity index (χ3v) is 4.69. The fourth-order valence-electron chi connectivity index (χ4n) is 2.73. The molecule has 0 aliphatic heterocycles. The quantitative estimate of drug-likeness (QED) is 0.272. The first-order valence-electron chi connectivity index (χ1n) is 8.86. The average Bonchev–Trinajstić information content (AvgIpc) is 3.09. The molecular formula is C20H19BrF2N4O3. The molecule has 2 N–H and O–H groups in total.